The molecule has 0 rings (SSSR count). The molecule has 0 N–H and O–H groups in total. The summed E-state index contributed by atoms with van der Waals surface area (Å²) >= 11 is 0. The highest BCUT2D eigenvalue weighted by Gasteiger charge is 2.14. The number of allylic oxidation sites excluding steroid dienone is 6. The van der Waals surface area contributed by atoms with Gasteiger partial charge in [0.15, 0.2) is 0 Å². The summed E-state index contributed by atoms with van der Waals surface area (Å²) in [6.45, 7) is 16.4. The molecule has 0 aliphatic rings. The van der Waals surface area contributed by atoms with E-state index in [1.165, 1.54) is 16.7 Å². The van der Waals surface area contributed by atoms with Gasteiger partial charge in [-0.3, -0.25) is 0 Å². The summed E-state index contributed by atoms with van der Waals surface area (Å²) in [6.07, 6.45) is 7.18. The molecule has 1 nitrogen and oxygen atoms in total. The molecule has 0 fully saturated rings. The van der Waals surface area contributed by atoms with Crippen molar-refractivity contribution in [3.05, 3.63) is 48.1 Å². The van der Waals surface area contributed by atoms with E-state index in [2.05, 4.69) is 46.9 Å². The highest BCUT2D eigenvalue weighted by atomic mass is 14.2. The van der Waals surface area contributed by atoms with Gasteiger partial charge in [-0.15, -0.1) is 6.58 Å². The van der Waals surface area contributed by atoms with Gasteiger partial charge < -0.3 is 0 Å². The Labute approximate surface area is 112 Å². The number of rotatable bonds is 7. The first-order valence-corrected chi connectivity index (χ1v) is 6.53. The summed E-state index contributed by atoms with van der Waals surface area (Å²) in [6, 6.07) is 2.19. The van der Waals surface area contributed by atoms with Crippen LogP contribution in [0.25, 0.3) is 0 Å². The smallest absolute Gasteiger partial charge is 0.0663 e. The summed E-state index contributed by atoms with van der Waals surface area (Å²) in [5, 5.41) is 8.76. The molecule has 1 heteroatoms. The van der Waals surface area contributed by atoms with Crippen LogP contribution in [0.5, 0.6) is 0 Å². The van der Waals surface area contributed by atoms with Crippen LogP contribution < -0.4 is 0 Å². The molecule has 0 spiro atoms. The molecule has 0 aromatic rings. The van der Waals surface area contributed by atoms with Crippen molar-refractivity contribution in [2.24, 2.45) is 11.8 Å². The van der Waals surface area contributed by atoms with Crippen LogP contribution in [0.15, 0.2) is 48.1 Å². The van der Waals surface area contributed by atoms with Gasteiger partial charge in [-0.2, -0.15) is 5.26 Å². The summed E-state index contributed by atoms with van der Waals surface area (Å²) in [5.41, 5.74) is 3.79. The van der Waals surface area contributed by atoms with Gasteiger partial charge in [0.05, 0.1) is 12.5 Å². The average Bonchev–Trinajstić information content (AvgIpc) is 2.29. The summed E-state index contributed by atoms with van der Waals surface area (Å²) in [4.78, 5) is 0. The van der Waals surface area contributed by atoms with Crippen molar-refractivity contribution >= 4 is 0 Å². The van der Waals surface area contributed by atoms with Crippen molar-refractivity contribution in [2.75, 3.05) is 0 Å². The van der Waals surface area contributed by atoms with Crippen molar-refractivity contribution in [3.8, 4) is 6.07 Å². The molecular weight excluding hydrogens is 218 g/mol. The zero-order valence-corrected chi connectivity index (χ0v) is 12.2. The average molecular weight is 243 g/mol. The zero-order valence-electron chi connectivity index (χ0n) is 12.2. The van der Waals surface area contributed by atoms with Crippen molar-refractivity contribution in [3.63, 3.8) is 0 Å². The Morgan fingerprint density at radius 3 is 2.11 bits per heavy atom. The van der Waals surface area contributed by atoms with Gasteiger partial charge in [0.2, 0.25) is 0 Å². The van der Waals surface area contributed by atoms with E-state index in [1.807, 2.05) is 18.2 Å². The topological polar surface area (TPSA) is 23.8 Å². The Kier molecular flexibility index (Phi) is 7.79. The van der Waals surface area contributed by atoms with Gasteiger partial charge in [-0.25, -0.2) is 0 Å². The molecule has 0 aromatic heterocycles. The predicted molar refractivity (Wildman–Crippen MR) is 80.0 cm³/mol. The number of nitriles is 1. The molecule has 0 atom stereocenters. The Bertz CT molecular complexity index is 386. The van der Waals surface area contributed by atoms with Crippen LogP contribution in [0.3, 0.4) is 0 Å². The second kappa shape index (κ2) is 8.53. The van der Waals surface area contributed by atoms with Crippen LogP contribution >= 0.6 is 0 Å². The van der Waals surface area contributed by atoms with E-state index in [0.29, 0.717) is 18.3 Å². The first kappa shape index (κ1) is 16.4. The predicted octanol–water partition coefficient (Wildman–Crippen LogP) is 5.20. The van der Waals surface area contributed by atoms with Crippen molar-refractivity contribution in [1.82, 2.24) is 0 Å². The fourth-order valence-electron chi connectivity index (χ4n) is 2.12. The lowest BCUT2D eigenvalue weighted by Gasteiger charge is -2.20. The maximum Gasteiger partial charge on any atom is 0.0663 e. The molecule has 0 aliphatic carbocycles. The molecule has 0 heterocycles. The van der Waals surface area contributed by atoms with Crippen molar-refractivity contribution < 1.29 is 0 Å². The van der Waals surface area contributed by atoms with Crippen LogP contribution in [-0.2, 0) is 0 Å². The molecule has 0 unspecified atom stereocenters. The normalized spacial score (nSPS) is 13.3. The third-order valence-corrected chi connectivity index (χ3v) is 2.92. The van der Waals surface area contributed by atoms with Gasteiger partial charge in [0.25, 0.3) is 0 Å². The van der Waals surface area contributed by atoms with Gasteiger partial charge in [-0.1, -0.05) is 52.5 Å². The highest BCUT2D eigenvalue weighted by molar-refractivity contribution is 5.42. The van der Waals surface area contributed by atoms with Crippen LogP contribution in [-0.4, -0.2) is 0 Å². The Morgan fingerprint density at radius 2 is 1.78 bits per heavy atom. The third-order valence-electron chi connectivity index (χ3n) is 2.92. The molecule has 0 saturated carbocycles. The van der Waals surface area contributed by atoms with Crippen LogP contribution in [0, 0.1) is 23.2 Å². The molecular formula is C17H25N. The monoisotopic (exact) mass is 243 g/mol. The van der Waals surface area contributed by atoms with E-state index in [-0.39, 0.29) is 0 Å². The molecule has 0 aromatic carbocycles. The fraction of sp³-hybridized carbons (Fsp3) is 0.471. The second-order valence-electron chi connectivity index (χ2n) is 4.96. The molecule has 98 valence electrons. The number of nitrogens with zero attached hydrogens (tertiary/aromatic N) is 1. The minimum absolute atomic E-state index is 0.405. The van der Waals surface area contributed by atoms with Crippen molar-refractivity contribution in [1.29, 1.82) is 5.26 Å². The molecule has 0 saturated heterocycles. The van der Waals surface area contributed by atoms with Crippen LogP contribution in [0.1, 0.15) is 40.5 Å². The van der Waals surface area contributed by atoms with E-state index in [1.54, 1.807) is 0 Å². The fourth-order valence-corrected chi connectivity index (χ4v) is 2.12. The Hall–Kier alpha value is -1.55. The molecule has 0 bridgehead atoms. The van der Waals surface area contributed by atoms with Gasteiger partial charge >= 0.3 is 0 Å². The summed E-state index contributed by atoms with van der Waals surface area (Å²) < 4.78 is 0. The SMILES string of the molecule is C=CCC(/C(=C\CC#N)C(C)C)=C(/C=C)C(C)C. The van der Waals surface area contributed by atoms with E-state index in [9.17, 15) is 0 Å². The van der Waals surface area contributed by atoms with Gasteiger partial charge in [0, 0.05) is 0 Å². The van der Waals surface area contributed by atoms with E-state index in [0.717, 1.165) is 6.42 Å². The lowest BCUT2D eigenvalue weighted by Crippen LogP contribution is -2.05. The lowest BCUT2D eigenvalue weighted by atomic mass is 9.85. The zero-order chi connectivity index (χ0) is 14.1. The first-order chi connectivity index (χ1) is 8.49. The maximum atomic E-state index is 8.76. The number of hydrogen-bond donors (Lipinski definition) is 0. The third kappa shape index (κ3) is 4.75. The summed E-state index contributed by atoms with van der Waals surface area (Å²) in [5.74, 6) is 0.837. The van der Waals surface area contributed by atoms with E-state index in [4.69, 9.17) is 5.26 Å². The summed E-state index contributed by atoms with van der Waals surface area (Å²) in [7, 11) is 0. The van der Waals surface area contributed by atoms with Crippen LogP contribution in [0.4, 0.5) is 0 Å². The molecule has 0 amide bonds. The minimum atomic E-state index is 0.405. The van der Waals surface area contributed by atoms with Gasteiger partial charge in [0.1, 0.15) is 0 Å². The first-order valence-electron chi connectivity index (χ1n) is 6.53. The minimum Gasteiger partial charge on any atom is -0.198 e. The Balaban J connectivity index is 5.75. The lowest BCUT2D eigenvalue weighted by molar-refractivity contribution is 0.734. The largest absolute Gasteiger partial charge is 0.198 e. The van der Waals surface area contributed by atoms with Crippen molar-refractivity contribution in [2.45, 2.75) is 40.5 Å². The van der Waals surface area contributed by atoms with E-state index < -0.39 is 0 Å². The maximum absolute atomic E-state index is 8.76. The highest BCUT2D eigenvalue weighted by Crippen LogP contribution is 2.30. The molecule has 0 aliphatic heterocycles. The molecule has 18 heavy (non-hydrogen) atoms. The van der Waals surface area contributed by atoms with Crippen LogP contribution in [0.2, 0.25) is 0 Å². The standard InChI is InChI=1S/C17H25N/c1-7-10-17(15(8-2)13(3)4)16(14(5)6)11-9-12-18/h7-8,11,13-14H,1-2,9-10H2,3-6H3/b16-11-,17-15+. The quantitative estimate of drug-likeness (QED) is 0.445. The van der Waals surface area contributed by atoms with Gasteiger partial charge in [-0.05, 0) is 35.0 Å². The molecule has 0 radical (unpaired) electrons. The Morgan fingerprint density at radius 1 is 1.17 bits per heavy atom. The van der Waals surface area contributed by atoms with E-state index >= 15 is 0 Å². The number of hydrogen-bond acceptors (Lipinski definition) is 1. The second-order valence-corrected chi connectivity index (χ2v) is 4.96.